The van der Waals surface area contributed by atoms with E-state index in [2.05, 4.69) is 27.4 Å². The lowest BCUT2D eigenvalue weighted by atomic mass is 9.91. The molecule has 0 aliphatic heterocycles. The predicted molar refractivity (Wildman–Crippen MR) is 87.2 cm³/mol. The van der Waals surface area contributed by atoms with Crippen molar-refractivity contribution in [3.05, 3.63) is 12.7 Å². The van der Waals surface area contributed by atoms with Crippen molar-refractivity contribution < 1.29 is 19.1 Å². The van der Waals surface area contributed by atoms with E-state index in [1.807, 2.05) is 0 Å². The van der Waals surface area contributed by atoms with Gasteiger partial charge in [0.25, 0.3) is 0 Å². The van der Waals surface area contributed by atoms with Gasteiger partial charge in [-0.05, 0) is 24.7 Å². The molecule has 128 valence electrons. The van der Waals surface area contributed by atoms with E-state index in [9.17, 15) is 9.59 Å². The molecule has 2 N–H and O–H groups in total. The SMILES string of the molecule is C=CCOC(=O)CC(N)CC(C)C(=O)OCCCC(C)(C)C. The van der Waals surface area contributed by atoms with Crippen molar-refractivity contribution in [2.45, 2.75) is 59.4 Å². The zero-order chi connectivity index (χ0) is 17.2. The summed E-state index contributed by atoms with van der Waals surface area (Å²) in [5.41, 5.74) is 6.10. The number of esters is 2. The number of hydrogen-bond acceptors (Lipinski definition) is 5. The van der Waals surface area contributed by atoms with Crippen molar-refractivity contribution in [2.24, 2.45) is 17.1 Å². The summed E-state index contributed by atoms with van der Waals surface area (Å²) < 4.78 is 10.1. The van der Waals surface area contributed by atoms with Crippen LogP contribution in [-0.4, -0.2) is 31.2 Å². The minimum atomic E-state index is -0.408. The third-order valence-electron chi connectivity index (χ3n) is 3.17. The first kappa shape index (κ1) is 20.6. The molecular formula is C17H31NO4. The van der Waals surface area contributed by atoms with Gasteiger partial charge in [0.05, 0.1) is 18.9 Å². The lowest BCUT2D eigenvalue weighted by Gasteiger charge is -2.19. The van der Waals surface area contributed by atoms with Crippen molar-refractivity contribution in [3.8, 4) is 0 Å². The second-order valence-corrected chi connectivity index (χ2v) is 6.90. The number of ether oxygens (including phenoxy) is 2. The van der Waals surface area contributed by atoms with E-state index in [0.29, 0.717) is 13.0 Å². The van der Waals surface area contributed by atoms with Crippen LogP contribution in [0.3, 0.4) is 0 Å². The molecule has 0 aromatic carbocycles. The first-order chi connectivity index (χ1) is 10.2. The number of rotatable bonds is 10. The summed E-state index contributed by atoms with van der Waals surface area (Å²) in [5.74, 6) is -0.959. The Labute approximate surface area is 134 Å². The Morgan fingerprint density at radius 3 is 2.45 bits per heavy atom. The molecule has 22 heavy (non-hydrogen) atoms. The van der Waals surface area contributed by atoms with Crippen LogP contribution in [0.25, 0.3) is 0 Å². The maximum Gasteiger partial charge on any atom is 0.308 e. The molecule has 0 rings (SSSR count). The van der Waals surface area contributed by atoms with Crippen LogP contribution >= 0.6 is 0 Å². The largest absolute Gasteiger partial charge is 0.465 e. The highest BCUT2D eigenvalue weighted by Crippen LogP contribution is 2.20. The van der Waals surface area contributed by atoms with Crippen molar-refractivity contribution in [3.63, 3.8) is 0 Å². The summed E-state index contributed by atoms with van der Waals surface area (Å²) in [4.78, 5) is 23.3. The standard InChI is InChI=1S/C17H31NO4/c1-6-9-21-15(19)12-14(18)11-13(2)16(20)22-10-7-8-17(3,4)5/h6,13-14H,1,7-12,18H2,2-5H3. The van der Waals surface area contributed by atoms with Gasteiger partial charge in [0, 0.05) is 6.04 Å². The van der Waals surface area contributed by atoms with Crippen LogP contribution in [0.5, 0.6) is 0 Å². The molecule has 0 aromatic heterocycles. The second-order valence-electron chi connectivity index (χ2n) is 6.90. The van der Waals surface area contributed by atoms with Crippen LogP contribution in [0.15, 0.2) is 12.7 Å². The third-order valence-corrected chi connectivity index (χ3v) is 3.17. The van der Waals surface area contributed by atoms with Crippen LogP contribution in [0.1, 0.15) is 53.4 Å². The highest BCUT2D eigenvalue weighted by molar-refractivity contribution is 5.73. The van der Waals surface area contributed by atoms with Crippen LogP contribution in [0.4, 0.5) is 0 Å². The van der Waals surface area contributed by atoms with Gasteiger partial charge in [-0.2, -0.15) is 0 Å². The quantitative estimate of drug-likeness (QED) is 0.381. The molecular weight excluding hydrogens is 282 g/mol. The predicted octanol–water partition coefficient (Wildman–Crippen LogP) is 2.83. The van der Waals surface area contributed by atoms with E-state index >= 15 is 0 Å². The molecule has 0 radical (unpaired) electrons. The van der Waals surface area contributed by atoms with E-state index in [4.69, 9.17) is 15.2 Å². The van der Waals surface area contributed by atoms with Gasteiger partial charge >= 0.3 is 11.9 Å². The summed E-state index contributed by atoms with van der Waals surface area (Å²) in [5, 5.41) is 0. The third kappa shape index (κ3) is 11.3. The summed E-state index contributed by atoms with van der Waals surface area (Å²) >= 11 is 0. The maximum absolute atomic E-state index is 11.9. The Kier molecular flexibility index (Phi) is 9.74. The Bertz CT molecular complexity index is 360. The molecule has 0 aliphatic carbocycles. The average Bonchev–Trinajstić information content (AvgIpc) is 2.39. The fourth-order valence-corrected chi connectivity index (χ4v) is 1.98. The lowest BCUT2D eigenvalue weighted by molar-refractivity contribution is -0.149. The van der Waals surface area contributed by atoms with Crippen molar-refractivity contribution in [1.82, 2.24) is 0 Å². The normalized spacial score (nSPS) is 14.0. The van der Waals surface area contributed by atoms with Crippen LogP contribution in [0.2, 0.25) is 0 Å². The Hall–Kier alpha value is -1.36. The Morgan fingerprint density at radius 1 is 1.27 bits per heavy atom. The molecule has 2 atom stereocenters. The molecule has 0 saturated carbocycles. The molecule has 2 unspecified atom stereocenters. The van der Waals surface area contributed by atoms with Gasteiger partial charge in [0.2, 0.25) is 0 Å². The van der Waals surface area contributed by atoms with E-state index in [1.165, 1.54) is 6.08 Å². The molecule has 0 amide bonds. The molecule has 0 aromatic rings. The lowest BCUT2D eigenvalue weighted by Crippen LogP contribution is -2.30. The molecule has 5 nitrogen and oxygen atoms in total. The van der Waals surface area contributed by atoms with Crippen LogP contribution in [0, 0.1) is 11.3 Å². The first-order valence-corrected chi connectivity index (χ1v) is 7.84. The van der Waals surface area contributed by atoms with E-state index in [-0.39, 0.29) is 36.3 Å². The van der Waals surface area contributed by atoms with Crippen molar-refractivity contribution in [2.75, 3.05) is 13.2 Å². The average molecular weight is 313 g/mol. The summed E-state index contributed by atoms with van der Waals surface area (Å²) in [6.45, 7) is 12.3. The minimum Gasteiger partial charge on any atom is -0.465 e. The van der Waals surface area contributed by atoms with Crippen molar-refractivity contribution >= 4 is 11.9 Å². The van der Waals surface area contributed by atoms with Gasteiger partial charge in [-0.1, -0.05) is 40.3 Å². The molecule has 0 heterocycles. The van der Waals surface area contributed by atoms with Crippen LogP contribution in [-0.2, 0) is 19.1 Å². The van der Waals surface area contributed by atoms with E-state index in [1.54, 1.807) is 6.92 Å². The minimum absolute atomic E-state index is 0.0927. The monoisotopic (exact) mass is 313 g/mol. The molecule has 0 bridgehead atoms. The van der Waals surface area contributed by atoms with Crippen molar-refractivity contribution in [1.29, 1.82) is 0 Å². The highest BCUT2D eigenvalue weighted by atomic mass is 16.5. The van der Waals surface area contributed by atoms with Gasteiger partial charge in [-0.15, -0.1) is 0 Å². The Morgan fingerprint density at radius 2 is 1.91 bits per heavy atom. The fourth-order valence-electron chi connectivity index (χ4n) is 1.98. The highest BCUT2D eigenvalue weighted by Gasteiger charge is 2.20. The Balaban J connectivity index is 3.93. The summed E-state index contributed by atoms with van der Waals surface area (Å²) in [6.07, 6.45) is 3.85. The number of carbonyl (C=O) groups excluding carboxylic acids is 2. The van der Waals surface area contributed by atoms with Gasteiger partial charge in [-0.3, -0.25) is 9.59 Å². The number of hydrogen-bond donors (Lipinski definition) is 1. The smallest absolute Gasteiger partial charge is 0.308 e. The fraction of sp³-hybridized carbons (Fsp3) is 0.765. The number of nitrogens with two attached hydrogens (primary N) is 1. The van der Waals surface area contributed by atoms with Gasteiger partial charge in [-0.25, -0.2) is 0 Å². The topological polar surface area (TPSA) is 78.6 Å². The molecule has 0 spiro atoms. The molecule has 5 heteroatoms. The summed E-state index contributed by atoms with van der Waals surface area (Å²) in [6, 6.07) is -0.408. The molecule has 0 aliphatic rings. The summed E-state index contributed by atoms with van der Waals surface area (Å²) in [7, 11) is 0. The molecule has 0 saturated heterocycles. The number of carbonyl (C=O) groups is 2. The van der Waals surface area contributed by atoms with Crippen LogP contribution < -0.4 is 5.73 Å². The first-order valence-electron chi connectivity index (χ1n) is 7.84. The van der Waals surface area contributed by atoms with E-state index < -0.39 is 6.04 Å². The zero-order valence-electron chi connectivity index (χ0n) is 14.4. The maximum atomic E-state index is 11.9. The zero-order valence-corrected chi connectivity index (χ0v) is 14.4. The second kappa shape index (κ2) is 10.4. The van der Waals surface area contributed by atoms with Gasteiger partial charge in [0.1, 0.15) is 6.61 Å². The van der Waals surface area contributed by atoms with Gasteiger partial charge in [0.15, 0.2) is 0 Å². The van der Waals surface area contributed by atoms with Gasteiger partial charge < -0.3 is 15.2 Å². The van der Waals surface area contributed by atoms with E-state index in [0.717, 1.165) is 12.8 Å². The molecule has 0 fully saturated rings.